The Bertz CT molecular complexity index is 432. The Kier molecular flexibility index (Phi) is 5.45. The van der Waals surface area contributed by atoms with E-state index >= 15 is 0 Å². The molecular weight excluding hydrogens is 258 g/mol. The maximum Gasteiger partial charge on any atom is 0.0795 e. The van der Waals surface area contributed by atoms with E-state index in [0.717, 1.165) is 19.6 Å². The fourth-order valence-electron chi connectivity index (χ4n) is 3.06. The Balaban J connectivity index is 2.20. The summed E-state index contributed by atoms with van der Waals surface area (Å²) in [6, 6.07) is 9.42. The molecule has 2 rings (SSSR count). The van der Waals surface area contributed by atoms with Gasteiger partial charge in [-0.05, 0) is 41.8 Å². The molecule has 2 nitrogen and oxygen atoms in total. The highest BCUT2D eigenvalue weighted by molar-refractivity contribution is 5.30. The minimum Gasteiger partial charge on any atom is -0.376 e. The van der Waals surface area contributed by atoms with E-state index in [4.69, 9.17) is 4.74 Å². The normalized spacial score (nSPS) is 24.2. The van der Waals surface area contributed by atoms with Crippen molar-refractivity contribution in [3.8, 4) is 0 Å². The summed E-state index contributed by atoms with van der Waals surface area (Å²) in [7, 11) is 0. The Morgan fingerprint density at radius 3 is 2.38 bits per heavy atom. The van der Waals surface area contributed by atoms with Crippen molar-refractivity contribution in [1.82, 2.24) is 5.32 Å². The van der Waals surface area contributed by atoms with Crippen molar-refractivity contribution in [3.63, 3.8) is 0 Å². The van der Waals surface area contributed by atoms with Gasteiger partial charge in [0.15, 0.2) is 0 Å². The molecule has 3 atom stereocenters. The van der Waals surface area contributed by atoms with Crippen LogP contribution in [0.2, 0.25) is 0 Å². The molecule has 1 aliphatic rings. The van der Waals surface area contributed by atoms with Crippen LogP contribution in [-0.2, 0) is 10.2 Å². The predicted octanol–water partition coefficient (Wildman–Crippen LogP) is 4.45. The van der Waals surface area contributed by atoms with E-state index in [-0.39, 0.29) is 5.41 Å². The zero-order chi connectivity index (χ0) is 15.5. The maximum atomic E-state index is 6.01. The van der Waals surface area contributed by atoms with Crippen LogP contribution in [0.4, 0.5) is 0 Å². The van der Waals surface area contributed by atoms with Gasteiger partial charge in [-0.2, -0.15) is 0 Å². The van der Waals surface area contributed by atoms with Crippen molar-refractivity contribution >= 4 is 0 Å². The first-order valence-corrected chi connectivity index (χ1v) is 8.39. The van der Waals surface area contributed by atoms with Gasteiger partial charge in [-0.25, -0.2) is 0 Å². The molecule has 0 aliphatic carbocycles. The van der Waals surface area contributed by atoms with Crippen molar-refractivity contribution in [1.29, 1.82) is 0 Å². The van der Waals surface area contributed by atoms with Crippen molar-refractivity contribution in [3.05, 3.63) is 35.4 Å². The molecule has 2 heteroatoms. The first-order valence-electron chi connectivity index (χ1n) is 8.39. The molecule has 0 spiro atoms. The molecule has 3 unspecified atom stereocenters. The van der Waals surface area contributed by atoms with E-state index in [1.165, 1.54) is 17.5 Å². The lowest BCUT2D eigenvalue weighted by molar-refractivity contribution is 0.0607. The molecule has 0 aromatic heterocycles. The van der Waals surface area contributed by atoms with Gasteiger partial charge in [0, 0.05) is 6.61 Å². The van der Waals surface area contributed by atoms with Crippen LogP contribution < -0.4 is 5.32 Å². The van der Waals surface area contributed by atoms with Gasteiger partial charge in [0.2, 0.25) is 0 Å². The van der Waals surface area contributed by atoms with Crippen molar-refractivity contribution < 1.29 is 4.74 Å². The van der Waals surface area contributed by atoms with E-state index in [0.29, 0.717) is 18.1 Å². The molecule has 1 aliphatic heterocycles. The van der Waals surface area contributed by atoms with Gasteiger partial charge in [-0.15, -0.1) is 0 Å². The highest BCUT2D eigenvalue weighted by Crippen LogP contribution is 2.32. The molecule has 1 aromatic carbocycles. The minimum atomic E-state index is 0.210. The predicted molar refractivity (Wildman–Crippen MR) is 89.7 cm³/mol. The Hall–Kier alpha value is -0.860. The standard InChI is InChI=1S/C19H31NO/c1-6-12-20-17(18-14(2)11-13-21-18)15-7-9-16(10-8-15)19(3,4)5/h7-10,14,17-18,20H,6,11-13H2,1-5H3. The summed E-state index contributed by atoms with van der Waals surface area (Å²) >= 11 is 0. The lowest BCUT2D eigenvalue weighted by atomic mass is 9.85. The van der Waals surface area contributed by atoms with E-state index in [1.807, 2.05) is 0 Å². The van der Waals surface area contributed by atoms with Crippen LogP contribution in [0.1, 0.15) is 64.6 Å². The first kappa shape index (κ1) is 16.5. The Morgan fingerprint density at radius 1 is 1.24 bits per heavy atom. The maximum absolute atomic E-state index is 6.01. The lowest BCUT2D eigenvalue weighted by Crippen LogP contribution is -2.35. The van der Waals surface area contributed by atoms with E-state index in [9.17, 15) is 0 Å². The van der Waals surface area contributed by atoms with Crippen molar-refractivity contribution in [2.24, 2.45) is 5.92 Å². The van der Waals surface area contributed by atoms with Gasteiger partial charge in [0.05, 0.1) is 12.1 Å². The van der Waals surface area contributed by atoms with Gasteiger partial charge in [-0.3, -0.25) is 0 Å². The summed E-state index contributed by atoms with van der Waals surface area (Å²) in [4.78, 5) is 0. The highest BCUT2D eigenvalue weighted by Gasteiger charge is 2.32. The van der Waals surface area contributed by atoms with Gasteiger partial charge in [0.1, 0.15) is 0 Å². The van der Waals surface area contributed by atoms with Crippen LogP contribution in [0.5, 0.6) is 0 Å². The summed E-state index contributed by atoms with van der Waals surface area (Å²) in [6.45, 7) is 13.2. The van der Waals surface area contributed by atoms with Crippen molar-refractivity contribution in [2.45, 2.75) is 65.0 Å². The summed E-state index contributed by atoms with van der Waals surface area (Å²) < 4.78 is 6.01. The fourth-order valence-corrected chi connectivity index (χ4v) is 3.06. The third-order valence-corrected chi connectivity index (χ3v) is 4.52. The molecule has 1 saturated heterocycles. The van der Waals surface area contributed by atoms with Crippen LogP contribution in [0.15, 0.2) is 24.3 Å². The molecule has 0 amide bonds. The molecule has 0 saturated carbocycles. The quantitative estimate of drug-likeness (QED) is 0.864. The van der Waals surface area contributed by atoms with Gasteiger partial charge >= 0.3 is 0 Å². The molecule has 1 fully saturated rings. The second-order valence-corrected chi connectivity index (χ2v) is 7.41. The molecule has 0 radical (unpaired) electrons. The highest BCUT2D eigenvalue weighted by atomic mass is 16.5. The van der Waals surface area contributed by atoms with Gasteiger partial charge in [-0.1, -0.05) is 58.9 Å². The summed E-state index contributed by atoms with van der Waals surface area (Å²) in [5.74, 6) is 0.627. The number of rotatable bonds is 5. The van der Waals surface area contributed by atoms with Crippen LogP contribution in [0.3, 0.4) is 0 Å². The smallest absolute Gasteiger partial charge is 0.0795 e. The van der Waals surface area contributed by atoms with Crippen LogP contribution in [0, 0.1) is 5.92 Å². The number of benzene rings is 1. The number of hydrogen-bond acceptors (Lipinski definition) is 2. The summed E-state index contributed by atoms with van der Waals surface area (Å²) in [5.41, 5.74) is 2.96. The molecule has 0 bridgehead atoms. The number of ether oxygens (including phenoxy) is 1. The van der Waals surface area contributed by atoms with Crippen LogP contribution in [0.25, 0.3) is 0 Å². The molecule has 1 heterocycles. The van der Waals surface area contributed by atoms with Crippen LogP contribution in [-0.4, -0.2) is 19.3 Å². The second kappa shape index (κ2) is 6.93. The fraction of sp³-hybridized carbons (Fsp3) is 0.684. The van der Waals surface area contributed by atoms with Gasteiger partial charge < -0.3 is 10.1 Å². The van der Waals surface area contributed by atoms with E-state index in [2.05, 4.69) is 64.2 Å². The molecular formula is C19H31NO. The third-order valence-electron chi connectivity index (χ3n) is 4.52. The Morgan fingerprint density at radius 2 is 1.90 bits per heavy atom. The zero-order valence-corrected chi connectivity index (χ0v) is 14.3. The average Bonchev–Trinajstić information content (AvgIpc) is 2.85. The van der Waals surface area contributed by atoms with E-state index < -0.39 is 0 Å². The lowest BCUT2D eigenvalue weighted by Gasteiger charge is -2.28. The topological polar surface area (TPSA) is 21.3 Å². The third kappa shape index (κ3) is 4.08. The zero-order valence-electron chi connectivity index (χ0n) is 14.3. The molecule has 1 aromatic rings. The largest absolute Gasteiger partial charge is 0.376 e. The number of nitrogens with one attached hydrogen (secondary N) is 1. The second-order valence-electron chi connectivity index (χ2n) is 7.41. The average molecular weight is 289 g/mol. The SMILES string of the molecule is CCCNC(c1ccc(C(C)(C)C)cc1)C1OCCC1C. The molecule has 1 N–H and O–H groups in total. The summed E-state index contributed by atoms with van der Waals surface area (Å²) in [5, 5.41) is 3.69. The number of hydrogen-bond donors (Lipinski definition) is 1. The van der Waals surface area contributed by atoms with Crippen molar-refractivity contribution in [2.75, 3.05) is 13.2 Å². The van der Waals surface area contributed by atoms with Crippen LogP contribution >= 0.6 is 0 Å². The summed E-state index contributed by atoms with van der Waals surface area (Å²) in [6.07, 6.45) is 2.63. The molecule has 118 valence electrons. The minimum absolute atomic E-state index is 0.210. The monoisotopic (exact) mass is 289 g/mol. The Labute approximate surface area is 130 Å². The van der Waals surface area contributed by atoms with Gasteiger partial charge in [0.25, 0.3) is 0 Å². The van der Waals surface area contributed by atoms with E-state index in [1.54, 1.807) is 0 Å². The molecule has 21 heavy (non-hydrogen) atoms. The first-order chi connectivity index (χ1) is 9.93.